The molecule has 0 bridgehead atoms. The number of ether oxygens (including phenoxy) is 2. The highest BCUT2D eigenvalue weighted by atomic mass is 16.7. The number of nitrogens with zero attached hydrogens (tertiary/aromatic N) is 4. The molecule has 2 aromatic heterocycles. The Hall–Kier alpha value is -3.16. The van der Waals surface area contributed by atoms with Gasteiger partial charge in [-0.05, 0) is 37.6 Å². The van der Waals surface area contributed by atoms with Crippen LogP contribution in [0.5, 0.6) is 11.5 Å². The van der Waals surface area contributed by atoms with E-state index in [9.17, 15) is 4.79 Å². The van der Waals surface area contributed by atoms with Crippen molar-refractivity contribution < 1.29 is 14.3 Å². The first kappa shape index (κ1) is 14.4. The van der Waals surface area contributed by atoms with Crippen molar-refractivity contribution in [2.24, 2.45) is 0 Å². The van der Waals surface area contributed by atoms with Gasteiger partial charge in [-0.3, -0.25) is 4.79 Å². The van der Waals surface area contributed by atoms with Crippen molar-refractivity contribution in [3.63, 3.8) is 0 Å². The van der Waals surface area contributed by atoms with E-state index in [2.05, 4.69) is 20.4 Å². The van der Waals surface area contributed by atoms with Crippen LogP contribution in [0, 0.1) is 13.8 Å². The highest BCUT2D eigenvalue weighted by Crippen LogP contribution is 2.32. The largest absolute Gasteiger partial charge is 0.454 e. The second kappa shape index (κ2) is 5.48. The molecule has 122 valence electrons. The molecule has 1 N–H and O–H groups in total. The third kappa shape index (κ3) is 2.51. The van der Waals surface area contributed by atoms with Gasteiger partial charge in [-0.2, -0.15) is 4.98 Å². The molecule has 24 heavy (non-hydrogen) atoms. The standard InChI is InChI=1S/C16H15N5O3/c1-9-5-10(2)21-16(18-9)19-14(20-21)15(22)17-7-11-3-4-12-13(6-11)24-8-23-12/h3-6H,7-8H2,1-2H3,(H,17,22). The summed E-state index contributed by atoms with van der Waals surface area (Å²) < 4.78 is 12.1. The summed E-state index contributed by atoms with van der Waals surface area (Å²) in [6, 6.07) is 7.42. The third-order valence-corrected chi connectivity index (χ3v) is 3.71. The number of fused-ring (bicyclic) bond motifs is 2. The Balaban J connectivity index is 1.51. The molecule has 1 aliphatic heterocycles. The van der Waals surface area contributed by atoms with E-state index in [1.165, 1.54) is 0 Å². The van der Waals surface area contributed by atoms with Crippen molar-refractivity contribution in [3.8, 4) is 11.5 Å². The van der Waals surface area contributed by atoms with Crippen LogP contribution in [0.3, 0.4) is 0 Å². The van der Waals surface area contributed by atoms with Crippen molar-refractivity contribution in [1.29, 1.82) is 0 Å². The Bertz CT molecular complexity index is 950. The van der Waals surface area contributed by atoms with E-state index >= 15 is 0 Å². The SMILES string of the molecule is Cc1cc(C)n2nc(C(=O)NCc3ccc4c(c3)OCO4)nc2n1. The smallest absolute Gasteiger partial charge is 0.291 e. The summed E-state index contributed by atoms with van der Waals surface area (Å²) in [6.45, 7) is 4.34. The van der Waals surface area contributed by atoms with Gasteiger partial charge in [0.15, 0.2) is 11.5 Å². The molecule has 8 nitrogen and oxygen atoms in total. The van der Waals surface area contributed by atoms with Crippen LogP contribution in [-0.4, -0.2) is 32.3 Å². The van der Waals surface area contributed by atoms with E-state index in [4.69, 9.17) is 9.47 Å². The van der Waals surface area contributed by atoms with E-state index in [-0.39, 0.29) is 18.5 Å². The minimum absolute atomic E-state index is 0.0944. The first-order valence-corrected chi connectivity index (χ1v) is 7.48. The average Bonchev–Trinajstić information content (AvgIpc) is 3.18. The second-order valence-electron chi connectivity index (χ2n) is 5.56. The van der Waals surface area contributed by atoms with Crippen LogP contribution >= 0.6 is 0 Å². The fraction of sp³-hybridized carbons (Fsp3) is 0.250. The molecule has 0 radical (unpaired) electrons. The van der Waals surface area contributed by atoms with E-state index in [1.807, 2.05) is 38.1 Å². The molecule has 0 saturated carbocycles. The number of aromatic nitrogens is 4. The fourth-order valence-electron chi connectivity index (χ4n) is 2.57. The van der Waals surface area contributed by atoms with Crippen LogP contribution in [-0.2, 0) is 6.54 Å². The number of rotatable bonds is 3. The molecule has 4 rings (SSSR count). The van der Waals surface area contributed by atoms with Crippen LogP contribution in [0.25, 0.3) is 5.78 Å². The van der Waals surface area contributed by atoms with E-state index in [0.717, 1.165) is 17.0 Å². The molecule has 0 aliphatic carbocycles. The maximum atomic E-state index is 12.3. The summed E-state index contributed by atoms with van der Waals surface area (Å²) in [5.74, 6) is 1.56. The Morgan fingerprint density at radius 1 is 1.21 bits per heavy atom. The normalized spacial score (nSPS) is 12.6. The van der Waals surface area contributed by atoms with Crippen LogP contribution in [0.4, 0.5) is 0 Å². The topological polar surface area (TPSA) is 90.6 Å². The first-order chi connectivity index (χ1) is 11.6. The number of hydrogen-bond acceptors (Lipinski definition) is 6. The highest BCUT2D eigenvalue weighted by Gasteiger charge is 2.16. The first-order valence-electron chi connectivity index (χ1n) is 7.48. The van der Waals surface area contributed by atoms with Crippen LogP contribution in [0.2, 0.25) is 0 Å². The zero-order chi connectivity index (χ0) is 16.7. The number of aryl methyl sites for hydroxylation is 2. The summed E-state index contributed by atoms with van der Waals surface area (Å²) in [5.41, 5.74) is 2.61. The van der Waals surface area contributed by atoms with Crippen molar-refractivity contribution in [2.45, 2.75) is 20.4 Å². The number of carbonyl (C=O) groups is 1. The van der Waals surface area contributed by atoms with Gasteiger partial charge in [0.2, 0.25) is 12.6 Å². The van der Waals surface area contributed by atoms with Gasteiger partial charge in [0.1, 0.15) is 0 Å². The zero-order valence-corrected chi connectivity index (χ0v) is 13.2. The lowest BCUT2D eigenvalue weighted by atomic mass is 10.2. The lowest BCUT2D eigenvalue weighted by molar-refractivity contribution is 0.0940. The summed E-state index contributed by atoms with van der Waals surface area (Å²) in [4.78, 5) is 20.7. The van der Waals surface area contributed by atoms with Crippen LogP contribution < -0.4 is 14.8 Å². The van der Waals surface area contributed by atoms with Gasteiger partial charge in [0, 0.05) is 17.9 Å². The van der Waals surface area contributed by atoms with Crippen molar-refractivity contribution >= 4 is 11.7 Å². The number of amides is 1. The quantitative estimate of drug-likeness (QED) is 0.783. The fourth-order valence-corrected chi connectivity index (χ4v) is 2.57. The number of hydrogen-bond donors (Lipinski definition) is 1. The molecule has 1 amide bonds. The van der Waals surface area contributed by atoms with E-state index in [0.29, 0.717) is 23.8 Å². The minimum Gasteiger partial charge on any atom is -0.454 e. The minimum atomic E-state index is -0.352. The Morgan fingerprint density at radius 2 is 2.04 bits per heavy atom. The third-order valence-electron chi connectivity index (χ3n) is 3.71. The molecule has 0 fully saturated rings. The monoisotopic (exact) mass is 325 g/mol. The van der Waals surface area contributed by atoms with E-state index < -0.39 is 0 Å². The lowest BCUT2D eigenvalue weighted by Gasteiger charge is -2.04. The number of benzene rings is 1. The molecule has 1 aromatic carbocycles. The number of nitrogens with one attached hydrogen (secondary N) is 1. The second-order valence-corrected chi connectivity index (χ2v) is 5.56. The van der Waals surface area contributed by atoms with Gasteiger partial charge in [-0.15, -0.1) is 5.10 Å². The zero-order valence-electron chi connectivity index (χ0n) is 13.2. The van der Waals surface area contributed by atoms with Crippen molar-refractivity contribution in [1.82, 2.24) is 24.9 Å². The molecule has 3 heterocycles. The molecule has 0 saturated heterocycles. The Labute approximate surface area is 137 Å². The van der Waals surface area contributed by atoms with Gasteiger partial charge in [0.25, 0.3) is 11.7 Å². The van der Waals surface area contributed by atoms with Crippen LogP contribution in [0.1, 0.15) is 27.6 Å². The van der Waals surface area contributed by atoms with Gasteiger partial charge >= 0.3 is 0 Å². The maximum Gasteiger partial charge on any atom is 0.291 e. The van der Waals surface area contributed by atoms with Gasteiger partial charge in [0.05, 0.1) is 0 Å². The number of carbonyl (C=O) groups excluding carboxylic acids is 1. The summed E-state index contributed by atoms with van der Waals surface area (Å²) in [6.07, 6.45) is 0. The Morgan fingerprint density at radius 3 is 2.92 bits per heavy atom. The van der Waals surface area contributed by atoms with Crippen molar-refractivity contribution in [2.75, 3.05) is 6.79 Å². The van der Waals surface area contributed by atoms with Gasteiger partial charge in [-0.25, -0.2) is 9.50 Å². The summed E-state index contributed by atoms with van der Waals surface area (Å²) in [7, 11) is 0. The molecule has 0 unspecified atom stereocenters. The molecular formula is C16H15N5O3. The molecule has 1 aliphatic rings. The van der Waals surface area contributed by atoms with Crippen LogP contribution in [0.15, 0.2) is 24.3 Å². The predicted molar refractivity (Wildman–Crippen MR) is 84.0 cm³/mol. The molecule has 3 aromatic rings. The summed E-state index contributed by atoms with van der Waals surface area (Å²) >= 11 is 0. The van der Waals surface area contributed by atoms with Gasteiger partial charge in [-0.1, -0.05) is 6.07 Å². The average molecular weight is 325 g/mol. The lowest BCUT2D eigenvalue weighted by Crippen LogP contribution is -2.24. The highest BCUT2D eigenvalue weighted by molar-refractivity contribution is 5.90. The summed E-state index contributed by atoms with van der Waals surface area (Å²) in [5, 5.41) is 7.01. The molecule has 0 atom stereocenters. The molecular weight excluding hydrogens is 310 g/mol. The maximum absolute atomic E-state index is 12.3. The van der Waals surface area contributed by atoms with E-state index in [1.54, 1.807) is 4.52 Å². The van der Waals surface area contributed by atoms with Gasteiger partial charge < -0.3 is 14.8 Å². The van der Waals surface area contributed by atoms with Crippen molar-refractivity contribution in [3.05, 3.63) is 47.0 Å². The Kier molecular flexibility index (Phi) is 3.30. The molecule has 0 spiro atoms. The predicted octanol–water partition coefficient (Wildman–Crippen LogP) is 1.40. The molecule has 8 heteroatoms.